The molecule has 1 aromatic heterocycles. The van der Waals surface area contributed by atoms with Gasteiger partial charge in [-0.05, 0) is 45.2 Å². The summed E-state index contributed by atoms with van der Waals surface area (Å²) in [7, 11) is 0. The second kappa shape index (κ2) is 4.35. The summed E-state index contributed by atoms with van der Waals surface area (Å²) in [6.45, 7) is 6.52. The van der Waals surface area contributed by atoms with Crippen molar-refractivity contribution in [1.82, 2.24) is 9.88 Å². The number of hydrogen-bond donors (Lipinski definition) is 1. The number of likely N-dealkylation sites (tertiary alicyclic amines) is 1. The number of H-pyrrole nitrogens is 1. The number of carbonyl (C=O) groups is 1. The number of pyridine rings is 1. The van der Waals surface area contributed by atoms with E-state index in [0.717, 1.165) is 30.6 Å². The Labute approximate surface area is 101 Å². The zero-order valence-electron chi connectivity index (χ0n) is 10.5. The number of aromatic nitrogens is 1. The molecule has 92 valence electrons. The lowest BCUT2D eigenvalue weighted by molar-refractivity contribution is 0.0745. The van der Waals surface area contributed by atoms with Crippen LogP contribution in [0.4, 0.5) is 0 Å². The summed E-state index contributed by atoms with van der Waals surface area (Å²) >= 11 is 0. The molecule has 1 aromatic rings. The first kappa shape index (κ1) is 11.9. The molecule has 17 heavy (non-hydrogen) atoms. The molecule has 1 aliphatic heterocycles. The van der Waals surface area contributed by atoms with E-state index in [2.05, 4.69) is 4.98 Å². The van der Waals surface area contributed by atoms with Crippen LogP contribution in [0.15, 0.2) is 10.9 Å². The van der Waals surface area contributed by atoms with Crippen LogP contribution in [-0.2, 0) is 0 Å². The highest BCUT2D eigenvalue weighted by atomic mass is 16.2. The fourth-order valence-corrected chi connectivity index (χ4v) is 2.28. The van der Waals surface area contributed by atoms with E-state index >= 15 is 0 Å². The van der Waals surface area contributed by atoms with Crippen LogP contribution >= 0.6 is 0 Å². The van der Waals surface area contributed by atoms with Crippen molar-refractivity contribution in [2.75, 3.05) is 6.54 Å². The average Bonchev–Trinajstić information content (AvgIpc) is 2.69. The second-order valence-electron chi connectivity index (χ2n) is 4.81. The van der Waals surface area contributed by atoms with Gasteiger partial charge in [-0.3, -0.25) is 9.59 Å². The number of amides is 1. The van der Waals surface area contributed by atoms with Crippen LogP contribution < -0.4 is 5.56 Å². The lowest BCUT2D eigenvalue weighted by atomic mass is 10.1. The van der Waals surface area contributed by atoms with Gasteiger partial charge in [0.1, 0.15) is 5.56 Å². The number of rotatable bonds is 1. The Morgan fingerprint density at radius 2 is 2.18 bits per heavy atom. The van der Waals surface area contributed by atoms with Gasteiger partial charge < -0.3 is 9.88 Å². The Morgan fingerprint density at radius 3 is 2.76 bits per heavy atom. The van der Waals surface area contributed by atoms with Crippen molar-refractivity contribution in [3.8, 4) is 0 Å². The van der Waals surface area contributed by atoms with Gasteiger partial charge in [-0.15, -0.1) is 0 Å². The molecule has 1 N–H and O–H groups in total. The molecule has 0 radical (unpaired) electrons. The van der Waals surface area contributed by atoms with Crippen molar-refractivity contribution >= 4 is 5.91 Å². The molecule has 1 saturated heterocycles. The van der Waals surface area contributed by atoms with Crippen molar-refractivity contribution in [2.24, 2.45) is 0 Å². The van der Waals surface area contributed by atoms with E-state index in [9.17, 15) is 9.59 Å². The highest BCUT2D eigenvalue weighted by Crippen LogP contribution is 2.18. The summed E-state index contributed by atoms with van der Waals surface area (Å²) in [6, 6.07) is 1.94. The van der Waals surface area contributed by atoms with Gasteiger partial charge in [0.15, 0.2) is 0 Å². The first-order valence-corrected chi connectivity index (χ1v) is 6.02. The SMILES string of the molecule is Cc1cc(C(=O)N2CCC[C@H]2C)c(=O)[nH]c1C. The maximum absolute atomic E-state index is 12.2. The van der Waals surface area contributed by atoms with Crippen molar-refractivity contribution in [2.45, 2.75) is 39.7 Å². The molecule has 4 nitrogen and oxygen atoms in total. The molecule has 0 bridgehead atoms. The molecule has 0 unspecified atom stereocenters. The van der Waals surface area contributed by atoms with Crippen molar-refractivity contribution in [1.29, 1.82) is 0 Å². The predicted molar refractivity (Wildman–Crippen MR) is 66.3 cm³/mol. The number of carbonyl (C=O) groups excluding carboxylic acids is 1. The standard InChI is InChI=1S/C13H18N2O2/c1-8-7-11(12(16)14-10(8)3)13(17)15-6-4-5-9(15)2/h7,9H,4-6H2,1-3H3,(H,14,16)/t9-/m1/s1. The zero-order valence-corrected chi connectivity index (χ0v) is 10.5. The molecule has 1 aliphatic rings. The first-order valence-electron chi connectivity index (χ1n) is 6.02. The van der Waals surface area contributed by atoms with Gasteiger partial charge >= 0.3 is 0 Å². The summed E-state index contributed by atoms with van der Waals surface area (Å²) in [5, 5.41) is 0. The normalized spacial score (nSPS) is 19.7. The smallest absolute Gasteiger partial charge is 0.261 e. The summed E-state index contributed by atoms with van der Waals surface area (Å²) in [5.74, 6) is -0.139. The number of nitrogens with one attached hydrogen (secondary N) is 1. The van der Waals surface area contributed by atoms with Crippen LogP contribution in [0.5, 0.6) is 0 Å². The molecule has 0 spiro atoms. The Kier molecular flexibility index (Phi) is 3.05. The molecule has 0 aromatic carbocycles. The van der Waals surface area contributed by atoms with Crippen molar-refractivity contribution in [3.63, 3.8) is 0 Å². The van der Waals surface area contributed by atoms with E-state index in [1.165, 1.54) is 0 Å². The number of nitrogens with zero attached hydrogens (tertiary/aromatic N) is 1. The van der Waals surface area contributed by atoms with Gasteiger partial charge in [0.25, 0.3) is 11.5 Å². The first-order chi connectivity index (χ1) is 8.00. The highest BCUT2D eigenvalue weighted by Gasteiger charge is 2.27. The second-order valence-corrected chi connectivity index (χ2v) is 4.81. The van der Waals surface area contributed by atoms with E-state index in [-0.39, 0.29) is 23.1 Å². The van der Waals surface area contributed by atoms with E-state index in [4.69, 9.17) is 0 Å². The largest absolute Gasteiger partial charge is 0.336 e. The molecule has 1 fully saturated rings. The third-order valence-corrected chi connectivity index (χ3v) is 3.54. The molecule has 0 saturated carbocycles. The molecule has 0 aliphatic carbocycles. The summed E-state index contributed by atoms with van der Waals surface area (Å²) in [6.07, 6.45) is 2.05. The average molecular weight is 234 g/mol. The number of hydrogen-bond acceptors (Lipinski definition) is 2. The monoisotopic (exact) mass is 234 g/mol. The van der Waals surface area contributed by atoms with E-state index in [1.54, 1.807) is 11.0 Å². The summed E-state index contributed by atoms with van der Waals surface area (Å²) < 4.78 is 0. The maximum Gasteiger partial charge on any atom is 0.261 e. The van der Waals surface area contributed by atoms with Crippen molar-refractivity contribution < 1.29 is 4.79 Å². The Hall–Kier alpha value is -1.58. The van der Waals surface area contributed by atoms with Gasteiger partial charge in [-0.1, -0.05) is 0 Å². The highest BCUT2D eigenvalue weighted by molar-refractivity contribution is 5.94. The fourth-order valence-electron chi connectivity index (χ4n) is 2.28. The molecule has 2 rings (SSSR count). The van der Waals surface area contributed by atoms with Crippen molar-refractivity contribution in [3.05, 3.63) is 33.2 Å². The van der Waals surface area contributed by atoms with Crippen LogP contribution in [0.25, 0.3) is 0 Å². The fraction of sp³-hybridized carbons (Fsp3) is 0.538. The molecule has 1 amide bonds. The van der Waals surface area contributed by atoms with E-state index in [1.807, 2.05) is 20.8 Å². The van der Waals surface area contributed by atoms with Crippen LogP contribution in [0.1, 0.15) is 41.4 Å². The third kappa shape index (κ3) is 2.12. The topological polar surface area (TPSA) is 53.2 Å². The Balaban J connectivity index is 2.37. The summed E-state index contributed by atoms with van der Waals surface area (Å²) in [4.78, 5) is 28.6. The molecule has 4 heteroatoms. The molecular formula is C13H18N2O2. The zero-order chi connectivity index (χ0) is 12.6. The van der Waals surface area contributed by atoms with Crippen LogP contribution in [0.2, 0.25) is 0 Å². The van der Waals surface area contributed by atoms with Crippen LogP contribution in [0, 0.1) is 13.8 Å². The van der Waals surface area contributed by atoms with Gasteiger partial charge in [0.05, 0.1) is 0 Å². The van der Waals surface area contributed by atoms with Gasteiger partial charge in [0.2, 0.25) is 0 Å². The van der Waals surface area contributed by atoms with Gasteiger partial charge in [-0.2, -0.15) is 0 Å². The third-order valence-electron chi connectivity index (χ3n) is 3.54. The Morgan fingerprint density at radius 1 is 1.47 bits per heavy atom. The van der Waals surface area contributed by atoms with Crippen LogP contribution in [0.3, 0.4) is 0 Å². The minimum absolute atomic E-state index is 0.139. The Bertz CT molecular complexity index is 505. The lowest BCUT2D eigenvalue weighted by Gasteiger charge is -2.21. The van der Waals surface area contributed by atoms with Gasteiger partial charge in [0, 0.05) is 18.3 Å². The molecular weight excluding hydrogens is 216 g/mol. The summed E-state index contributed by atoms with van der Waals surface area (Å²) in [5.41, 5.74) is 1.75. The number of aryl methyl sites for hydroxylation is 2. The minimum Gasteiger partial charge on any atom is -0.336 e. The van der Waals surface area contributed by atoms with E-state index < -0.39 is 0 Å². The van der Waals surface area contributed by atoms with E-state index in [0.29, 0.717) is 0 Å². The quantitative estimate of drug-likeness (QED) is 0.802. The minimum atomic E-state index is -0.280. The maximum atomic E-state index is 12.2. The lowest BCUT2D eigenvalue weighted by Crippen LogP contribution is -2.37. The molecule has 1 atom stereocenters. The number of aromatic amines is 1. The van der Waals surface area contributed by atoms with Crippen LogP contribution in [-0.4, -0.2) is 28.4 Å². The molecule has 2 heterocycles. The van der Waals surface area contributed by atoms with Gasteiger partial charge in [-0.25, -0.2) is 0 Å². The predicted octanol–water partition coefficient (Wildman–Crippen LogP) is 1.62.